The first kappa shape index (κ1) is 20.1. The molecule has 2 N–H and O–H groups in total. The van der Waals surface area contributed by atoms with Crippen LogP contribution in [0.1, 0.15) is 40.6 Å². The molecular weight excluding hydrogens is 407 g/mol. The molecule has 2 heterocycles. The highest BCUT2D eigenvalue weighted by atomic mass is 35.5. The maximum atomic E-state index is 12.3. The minimum absolute atomic E-state index is 0.237. The molecule has 0 bridgehead atoms. The lowest BCUT2D eigenvalue weighted by Crippen LogP contribution is -2.40. The molecule has 2 aromatic rings. The van der Waals surface area contributed by atoms with Crippen molar-refractivity contribution in [3.05, 3.63) is 44.9 Å². The van der Waals surface area contributed by atoms with Crippen molar-refractivity contribution in [3.8, 4) is 0 Å². The third-order valence-electron chi connectivity index (χ3n) is 4.54. The van der Waals surface area contributed by atoms with Crippen LogP contribution >= 0.6 is 34.5 Å². The average molecular weight is 427 g/mol. The number of rotatable bonds is 6. The first-order valence-electron chi connectivity index (χ1n) is 8.72. The monoisotopic (exact) mass is 426 g/mol. The third kappa shape index (κ3) is 4.99. The summed E-state index contributed by atoms with van der Waals surface area (Å²) in [5.74, 6) is -0.637. The minimum atomic E-state index is -0.400. The van der Waals surface area contributed by atoms with E-state index in [9.17, 15) is 9.59 Å². The minimum Gasteiger partial charge on any atom is -0.349 e. The lowest BCUT2D eigenvalue weighted by atomic mass is 10.2. The number of carbonyl (C=O) groups is 2. The van der Waals surface area contributed by atoms with E-state index in [-0.39, 0.29) is 10.9 Å². The summed E-state index contributed by atoms with van der Waals surface area (Å²) in [5.41, 5.74) is 0.585. The summed E-state index contributed by atoms with van der Waals surface area (Å²) in [4.78, 5) is 31.2. The first-order valence-corrected chi connectivity index (χ1v) is 10.4. The van der Waals surface area contributed by atoms with E-state index >= 15 is 0 Å². The van der Waals surface area contributed by atoms with Gasteiger partial charge in [0.1, 0.15) is 5.69 Å². The number of likely N-dealkylation sites (N-methyl/N-ethyl adjacent to an activating group) is 1. The lowest BCUT2D eigenvalue weighted by Gasteiger charge is -2.22. The summed E-state index contributed by atoms with van der Waals surface area (Å²) in [7, 11) is 0. The van der Waals surface area contributed by atoms with Crippen LogP contribution in [0.3, 0.4) is 0 Å². The van der Waals surface area contributed by atoms with E-state index in [1.807, 2.05) is 0 Å². The maximum absolute atomic E-state index is 12.3. The van der Waals surface area contributed by atoms with Crippen LogP contribution in [0.25, 0.3) is 0 Å². The van der Waals surface area contributed by atoms with Gasteiger partial charge in [0, 0.05) is 23.0 Å². The van der Waals surface area contributed by atoms with Crippen LogP contribution in [0.4, 0.5) is 5.13 Å². The zero-order chi connectivity index (χ0) is 19.4. The van der Waals surface area contributed by atoms with Crippen molar-refractivity contribution in [3.63, 3.8) is 0 Å². The van der Waals surface area contributed by atoms with Crippen molar-refractivity contribution in [2.24, 2.45) is 0 Å². The number of nitrogens with zero attached hydrogens (tertiary/aromatic N) is 2. The van der Waals surface area contributed by atoms with Gasteiger partial charge in [0.05, 0.1) is 10.6 Å². The second-order valence-electron chi connectivity index (χ2n) is 6.25. The topological polar surface area (TPSA) is 74.3 Å². The number of carbonyl (C=O) groups excluding carboxylic acids is 2. The summed E-state index contributed by atoms with van der Waals surface area (Å²) in [6, 6.07) is 5.01. The van der Waals surface area contributed by atoms with Gasteiger partial charge in [-0.3, -0.25) is 19.8 Å². The van der Waals surface area contributed by atoms with E-state index in [0.29, 0.717) is 34.0 Å². The Morgan fingerprint density at radius 1 is 1.33 bits per heavy atom. The summed E-state index contributed by atoms with van der Waals surface area (Å²) < 4.78 is 0. The third-order valence-corrected chi connectivity index (χ3v) is 5.84. The summed E-state index contributed by atoms with van der Waals surface area (Å²) >= 11 is 13.1. The van der Waals surface area contributed by atoms with Gasteiger partial charge in [-0.2, -0.15) is 0 Å². The molecule has 1 atom stereocenters. The smallest absolute Gasteiger partial charge is 0.270 e. The van der Waals surface area contributed by atoms with Gasteiger partial charge in [-0.25, -0.2) is 4.98 Å². The van der Waals surface area contributed by atoms with Gasteiger partial charge in [0.15, 0.2) is 5.13 Å². The number of halogens is 2. The molecule has 9 heteroatoms. The van der Waals surface area contributed by atoms with Crippen molar-refractivity contribution in [1.29, 1.82) is 0 Å². The van der Waals surface area contributed by atoms with Crippen LogP contribution in [0.15, 0.2) is 23.6 Å². The maximum Gasteiger partial charge on any atom is 0.270 e. The highest BCUT2D eigenvalue weighted by molar-refractivity contribution is 7.14. The Kier molecular flexibility index (Phi) is 6.70. The second-order valence-corrected chi connectivity index (χ2v) is 7.95. The number of hydrogen-bond acceptors (Lipinski definition) is 5. The molecule has 1 aliphatic rings. The molecule has 0 radical (unpaired) electrons. The zero-order valence-corrected chi connectivity index (χ0v) is 17.1. The quantitative estimate of drug-likeness (QED) is 0.733. The Balaban J connectivity index is 1.57. The first-order chi connectivity index (χ1) is 13.0. The summed E-state index contributed by atoms with van der Waals surface area (Å²) in [6.45, 7) is 4.80. The number of nitrogens with one attached hydrogen (secondary N) is 2. The predicted octanol–water partition coefficient (Wildman–Crippen LogP) is 3.92. The molecule has 0 saturated carbocycles. The molecule has 6 nitrogen and oxygen atoms in total. The van der Waals surface area contributed by atoms with Crippen LogP contribution in [0.2, 0.25) is 10.0 Å². The van der Waals surface area contributed by atoms with E-state index in [4.69, 9.17) is 23.2 Å². The highest BCUT2D eigenvalue weighted by Crippen LogP contribution is 2.23. The predicted molar refractivity (Wildman–Crippen MR) is 109 cm³/mol. The molecule has 1 aromatic carbocycles. The number of likely N-dealkylation sites (tertiary alicyclic amines) is 1. The van der Waals surface area contributed by atoms with Crippen LogP contribution in [-0.4, -0.2) is 47.4 Å². The van der Waals surface area contributed by atoms with E-state index in [0.717, 1.165) is 25.9 Å². The summed E-state index contributed by atoms with van der Waals surface area (Å²) in [5, 5.41) is 8.27. The molecule has 144 valence electrons. The molecule has 1 saturated heterocycles. The number of amides is 2. The molecule has 3 rings (SSSR count). The number of anilines is 1. The van der Waals surface area contributed by atoms with Gasteiger partial charge in [-0.05, 0) is 44.1 Å². The van der Waals surface area contributed by atoms with Gasteiger partial charge in [0.25, 0.3) is 11.8 Å². The number of aromatic nitrogens is 1. The Hall–Kier alpha value is -1.67. The fourth-order valence-corrected chi connectivity index (χ4v) is 4.30. The second kappa shape index (κ2) is 9.01. The van der Waals surface area contributed by atoms with Crippen LogP contribution < -0.4 is 10.6 Å². The highest BCUT2D eigenvalue weighted by Gasteiger charge is 2.24. The van der Waals surface area contributed by atoms with Crippen molar-refractivity contribution >= 4 is 51.5 Å². The van der Waals surface area contributed by atoms with Gasteiger partial charge in [-0.1, -0.05) is 30.1 Å². The summed E-state index contributed by atoms with van der Waals surface area (Å²) in [6.07, 6.45) is 2.25. The fourth-order valence-electron chi connectivity index (χ4n) is 3.12. The van der Waals surface area contributed by atoms with Gasteiger partial charge < -0.3 is 5.32 Å². The van der Waals surface area contributed by atoms with E-state index in [2.05, 4.69) is 27.4 Å². The Morgan fingerprint density at radius 2 is 2.15 bits per heavy atom. The molecule has 1 aliphatic heterocycles. The van der Waals surface area contributed by atoms with Gasteiger partial charge >= 0.3 is 0 Å². The Bertz CT molecular complexity index is 843. The SMILES string of the molecule is CCN1CCC[C@H]1CNC(=O)c1csc(NC(=O)c2ccc(Cl)cc2Cl)n1. The van der Waals surface area contributed by atoms with E-state index in [1.54, 1.807) is 17.5 Å². The van der Waals surface area contributed by atoms with Crippen LogP contribution in [0.5, 0.6) is 0 Å². The van der Waals surface area contributed by atoms with Crippen molar-refractivity contribution in [2.75, 3.05) is 25.0 Å². The largest absolute Gasteiger partial charge is 0.349 e. The van der Waals surface area contributed by atoms with Crippen molar-refractivity contribution < 1.29 is 9.59 Å². The number of benzene rings is 1. The standard InChI is InChI=1S/C18H20Cl2N4O2S/c1-2-24-7-3-4-12(24)9-21-17(26)15-10-27-18(22-15)23-16(25)13-6-5-11(19)8-14(13)20/h5-6,8,10,12H,2-4,7,9H2,1H3,(H,21,26)(H,22,23,25)/t12-/m0/s1. The van der Waals surface area contributed by atoms with E-state index in [1.165, 1.54) is 17.4 Å². The molecule has 27 heavy (non-hydrogen) atoms. The molecule has 0 unspecified atom stereocenters. The molecule has 1 aromatic heterocycles. The molecule has 0 aliphatic carbocycles. The normalized spacial score (nSPS) is 17.1. The molecule has 1 fully saturated rings. The van der Waals surface area contributed by atoms with Gasteiger partial charge in [0.2, 0.25) is 0 Å². The van der Waals surface area contributed by atoms with Crippen LogP contribution in [0, 0.1) is 0 Å². The number of thiazole rings is 1. The molecule has 2 amide bonds. The Labute approximate surface area is 171 Å². The van der Waals surface area contributed by atoms with E-state index < -0.39 is 5.91 Å². The van der Waals surface area contributed by atoms with Crippen molar-refractivity contribution in [1.82, 2.24) is 15.2 Å². The van der Waals surface area contributed by atoms with Gasteiger partial charge in [-0.15, -0.1) is 11.3 Å². The molecule has 0 spiro atoms. The van der Waals surface area contributed by atoms with Crippen molar-refractivity contribution in [2.45, 2.75) is 25.8 Å². The molecular formula is C18H20Cl2N4O2S. The zero-order valence-electron chi connectivity index (χ0n) is 14.8. The number of hydrogen-bond donors (Lipinski definition) is 2. The fraction of sp³-hybridized carbons (Fsp3) is 0.389. The Morgan fingerprint density at radius 3 is 2.89 bits per heavy atom. The lowest BCUT2D eigenvalue weighted by molar-refractivity contribution is 0.0936. The van der Waals surface area contributed by atoms with Crippen LogP contribution in [-0.2, 0) is 0 Å². The average Bonchev–Trinajstić information content (AvgIpc) is 3.28.